The van der Waals surface area contributed by atoms with Crippen LogP contribution in [-0.2, 0) is 0 Å². The van der Waals surface area contributed by atoms with Crippen LogP contribution in [0.25, 0.3) is 0 Å². The van der Waals surface area contributed by atoms with Gasteiger partial charge in [-0.25, -0.2) is 0 Å². The molecule has 0 aromatic heterocycles. The first-order valence-electron chi connectivity index (χ1n) is 9.75. The number of hydrogen-bond acceptors (Lipinski definition) is 2. The van der Waals surface area contributed by atoms with Crippen molar-refractivity contribution in [3.8, 4) is 0 Å². The number of carbonyl (C=O) groups excluding carboxylic acids is 2. The SMILES string of the molecule is CC1CCN(C(=O)c2ccc(C(=O)Nc3ccccc3C(C)C)cc2)CC1. The molecule has 142 valence electrons. The number of hydrogen-bond donors (Lipinski definition) is 1. The Kier molecular flexibility index (Phi) is 5.94. The molecule has 1 saturated heterocycles. The van der Waals surface area contributed by atoms with Crippen LogP contribution in [0.2, 0.25) is 0 Å². The number of carbonyl (C=O) groups is 2. The van der Waals surface area contributed by atoms with Gasteiger partial charge in [-0.2, -0.15) is 0 Å². The fourth-order valence-corrected chi connectivity index (χ4v) is 3.47. The highest BCUT2D eigenvalue weighted by molar-refractivity contribution is 6.05. The van der Waals surface area contributed by atoms with E-state index >= 15 is 0 Å². The van der Waals surface area contributed by atoms with E-state index in [1.54, 1.807) is 24.3 Å². The van der Waals surface area contributed by atoms with E-state index in [1.807, 2.05) is 29.2 Å². The van der Waals surface area contributed by atoms with E-state index in [1.165, 1.54) is 0 Å². The van der Waals surface area contributed by atoms with Crippen LogP contribution in [0, 0.1) is 5.92 Å². The van der Waals surface area contributed by atoms with Crippen molar-refractivity contribution in [1.82, 2.24) is 4.90 Å². The first-order chi connectivity index (χ1) is 13.0. The fraction of sp³-hybridized carbons (Fsp3) is 0.391. The van der Waals surface area contributed by atoms with Gasteiger partial charge in [-0.15, -0.1) is 0 Å². The van der Waals surface area contributed by atoms with Crippen LogP contribution in [0.4, 0.5) is 5.69 Å². The molecular formula is C23H28N2O2. The number of rotatable bonds is 4. The predicted octanol–water partition coefficient (Wildman–Crippen LogP) is 4.93. The largest absolute Gasteiger partial charge is 0.339 e. The van der Waals surface area contributed by atoms with E-state index < -0.39 is 0 Å². The lowest BCUT2D eigenvalue weighted by Crippen LogP contribution is -2.37. The van der Waals surface area contributed by atoms with Gasteiger partial charge in [-0.1, -0.05) is 39.0 Å². The number of benzene rings is 2. The maximum Gasteiger partial charge on any atom is 0.255 e. The van der Waals surface area contributed by atoms with Crippen molar-refractivity contribution in [2.24, 2.45) is 5.92 Å². The van der Waals surface area contributed by atoms with Gasteiger partial charge in [0.05, 0.1) is 0 Å². The lowest BCUT2D eigenvalue weighted by molar-refractivity contribution is 0.0697. The van der Waals surface area contributed by atoms with Gasteiger partial charge in [0.2, 0.25) is 0 Å². The highest BCUT2D eigenvalue weighted by atomic mass is 16.2. The minimum atomic E-state index is -0.158. The molecule has 1 aliphatic rings. The summed E-state index contributed by atoms with van der Waals surface area (Å²) >= 11 is 0. The van der Waals surface area contributed by atoms with E-state index in [9.17, 15) is 9.59 Å². The minimum Gasteiger partial charge on any atom is -0.339 e. The van der Waals surface area contributed by atoms with Crippen LogP contribution in [0.1, 0.15) is 65.8 Å². The Hall–Kier alpha value is -2.62. The topological polar surface area (TPSA) is 49.4 Å². The molecule has 0 saturated carbocycles. The average Bonchev–Trinajstić information content (AvgIpc) is 2.68. The molecule has 1 N–H and O–H groups in total. The Labute approximate surface area is 161 Å². The lowest BCUT2D eigenvalue weighted by atomic mass is 9.98. The quantitative estimate of drug-likeness (QED) is 0.836. The van der Waals surface area contributed by atoms with Gasteiger partial charge in [0, 0.05) is 29.9 Å². The molecule has 2 aromatic carbocycles. The molecule has 0 unspecified atom stereocenters. The van der Waals surface area contributed by atoms with Gasteiger partial charge in [0.15, 0.2) is 0 Å². The Bertz CT molecular complexity index is 803. The molecule has 4 nitrogen and oxygen atoms in total. The Morgan fingerprint density at radius 3 is 2.19 bits per heavy atom. The number of para-hydroxylation sites is 1. The Morgan fingerprint density at radius 2 is 1.56 bits per heavy atom. The van der Waals surface area contributed by atoms with E-state index in [2.05, 4.69) is 26.1 Å². The summed E-state index contributed by atoms with van der Waals surface area (Å²) in [6, 6.07) is 14.8. The number of amides is 2. The zero-order chi connectivity index (χ0) is 19.4. The molecule has 0 bridgehead atoms. The monoisotopic (exact) mass is 364 g/mol. The van der Waals surface area contributed by atoms with Gasteiger partial charge >= 0.3 is 0 Å². The van der Waals surface area contributed by atoms with Crippen molar-refractivity contribution in [1.29, 1.82) is 0 Å². The Balaban J connectivity index is 1.68. The fourth-order valence-electron chi connectivity index (χ4n) is 3.47. The second kappa shape index (κ2) is 8.38. The summed E-state index contributed by atoms with van der Waals surface area (Å²) in [6.07, 6.45) is 2.11. The number of piperidine rings is 1. The molecule has 1 fully saturated rings. The molecule has 2 aromatic rings. The summed E-state index contributed by atoms with van der Waals surface area (Å²) < 4.78 is 0. The van der Waals surface area contributed by atoms with Crippen LogP contribution >= 0.6 is 0 Å². The van der Waals surface area contributed by atoms with Gasteiger partial charge < -0.3 is 10.2 Å². The molecule has 3 rings (SSSR count). The summed E-state index contributed by atoms with van der Waals surface area (Å²) in [5.41, 5.74) is 3.14. The van der Waals surface area contributed by atoms with Crippen molar-refractivity contribution in [3.05, 3.63) is 65.2 Å². The second-order valence-electron chi connectivity index (χ2n) is 7.75. The zero-order valence-corrected chi connectivity index (χ0v) is 16.4. The third-order valence-electron chi connectivity index (χ3n) is 5.30. The van der Waals surface area contributed by atoms with E-state index in [0.717, 1.165) is 37.2 Å². The second-order valence-corrected chi connectivity index (χ2v) is 7.75. The number of likely N-dealkylation sites (tertiary alicyclic amines) is 1. The van der Waals surface area contributed by atoms with Crippen molar-refractivity contribution in [2.75, 3.05) is 18.4 Å². The van der Waals surface area contributed by atoms with Gasteiger partial charge in [-0.3, -0.25) is 9.59 Å². The number of nitrogens with one attached hydrogen (secondary N) is 1. The Morgan fingerprint density at radius 1 is 0.963 bits per heavy atom. The number of nitrogens with zero attached hydrogens (tertiary/aromatic N) is 1. The van der Waals surface area contributed by atoms with Crippen molar-refractivity contribution in [2.45, 2.75) is 39.5 Å². The molecule has 1 heterocycles. The predicted molar refractivity (Wildman–Crippen MR) is 109 cm³/mol. The molecule has 0 atom stereocenters. The normalized spacial score (nSPS) is 15.0. The number of anilines is 1. The van der Waals surface area contributed by atoms with Crippen LogP contribution < -0.4 is 5.32 Å². The molecule has 0 radical (unpaired) electrons. The van der Waals surface area contributed by atoms with Crippen molar-refractivity contribution in [3.63, 3.8) is 0 Å². The standard InChI is InChI=1S/C23H28N2O2/c1-16(2)20-6-4-5-7-21(20)24-22(26)18-8-10-19(11-9-18)23(27)25-14-12-17(3)13-15-25/h4-11,16-17H,12-15H2,1-3H3,(H,24,26). The van der Waals surface area contributed by atoms with Crippen LogP contribution in [0.15, 0.2) is 48.5 Å². The molecule has 0 aliphatic carbocycles. The molecule has 2 amide bonds. The molecule has 0 spiro atoms. The smallest absolute Gasteiger partial charge is 0.255 e. The average molecular weight is 364 g/mol. The first kappa shape index (κ1) is 19.2. The third kappa shape index (κ3) is 4.57. The van der Waals surface area contributed by atoms with Crippen molar-refractivity contribution < 1.29 is 9.59 Å². The van der Waals surface area contributed by atoms with Gasteiger partial charge in [0.25, 0.3) is 11.8 Å². The third-order valence-corrected chi connectivity index (χ3v) is 5.30. The highest BCUT2D eigenvalue weighted by Gasteiger charge is 2.21. The van der Waals surface area contributed by atoms with E-state index in [0.29, 0.717) is 23.0 Å². The summed E-state index contributed by atoms with van der Waals surface area (Å²) in [7, 11) is 0. The highest BCUT2D eigenvalue weighted by Crippen LogP contribution is 2.24. The maximum atomic E-state index is 12.6. The van der Waals surface area contributed by atoms with Crippen LogP contribution in [0.5, 0.6) is 0 Å². The van der Waals surface area contributed by atoms with Gasteiger partial charge in [-0.05, 0) is 60.6 Å². The molecule has 1 aliphatic heterocycles. The lowest BCUT2D eigenvalue weighted by Gasteiger charge is -2.30. The summed E-state index contributed by atoms with van der Waals surface area (Å²) in [5.74, 6) is 0.913. The van der Waals surface area contributed by atoms with Crippen LogP contribution in [-0.4, -0.2) is 29.8 Å². The maximum absolute atomic E-state index is 12.6. The van der Waals surface area contributed by atoms with E-state index in [-0.39, 0.29) is 11.8 Å². The molecule has 27 heavy (non-hydrogen) atoms. The summed E-state index contributed by atoms with van der Waals surface area (Å²) in [5, 5.41) is 2.99. The van der Waals surface area contributed by atoms with E-state index in [4.69, 9.17) is 0 Å². The zero-order valence-electron chi connectivity index (χ0n) is 16.4. The molecule has 4 heteroatoms. The summed E-state index contributed by atoms with van der Waals surface area (Å²) in [4.78, 5) is 27.1. The summed E-state index contributed by atoms with van der Waals surface area (Å²) in [6.45, 7) is 8.06. The molecular weight excluding hydrogens is 336 g/mol. The van der Waals surface area contributed by atoms with Gasteiger partial charge in [0.1, 0.15) is 0 Å². The van der Waals surface area contributed by atoms with Crippen LogP contribution in [0.3, 0.4) is 0 Å². The minimum absolute atomic E-state index is 0.0546. The first-order valence-corrected chi connectivity index (χ1v) is 9.75. The van der Waals surface area contributed by atoms with Crippen molar-refractivity contribution >= 4 is 17.5 Å².